The van der Waals surface area contributed by atoms with Crippen LogP contribution in [0.1, 0.15) is 60.5 Å². The molecule has 0 aromatic heterocycles. The zero-order chi connectivity index (χ0) is 15.5. The number of amides is 1. The molecule has 1 aromatic carbocycles. The largest absolute Gasteiger partial charge is 0.334 e. The highest BCUT2D eigenvalue weighted by Crippen LogP contribution is 2.33. The molecule has 1 fully saturated rings. The van der Waals surface area contributed by atoms with Gasteiger partial charge in [-0.2, -0.15) is 5.26 Å². The molecule has 1 aliphatic carbocycles. The SMILES string of the molecule is CCC1CCC(C#N)(NC(=O)c2cc(C)ccc2C)CC1. The van der Waals surface area contributed by atoms with Crippen molar-refractivity contribution >= 4 is 5.91 Å². The van der Waals surface area contributed by atoms with Crippen molar-refractivity contribution in [2.24, 2.45) is 5.92 Å². The Hall–Kier alpha value is -1.82. The van der Waals surface area contributed by atoms with Crippen molar-refractivity contribution in [2.45, 2.75) is 58.4 Å². The molecule has 1 amide bonds. The minimum Gasteiger partial charge on any atom is -0.334 e. The van der Waals surface area contributed by atoms with E-state index in [2.05, 4.69) is 18.3 Å². The summed E-state index contributed by atoms with van der Waals surface area (Å²) >= 11 is 0. The minimum absolute atomic E-state index is 0.118. The molecule has 0 spiro atoms. The molecule has 3 heteroatoms. The predicted octanol–water partition coefficient (Wildman–Crippen LogP) is 3.90. The molecule has 3 nitrogen and oxygen atoms in total. The summed E-state index contributed by atoms with van der Waals surface area (Å²) in [5, 5.41) is 12.6. The first-order valence-electron chi connectivity index (χ1n) is 7.80. The Morgan fingerprint density at radius 1 is 1.38 bits per heavy atom. The van der Waals surface area contributed by atoms with Crippen molar-refractivity contribution in [1.82, 2.24) is 5.32 Å². The number of aryl methyl sites for hydroxylation is 2. The van der Waals surface area contributed by atoms with Gasteiger partial charge in [-0.1, -0.05) is 31.0 Å². The second-order valence-corrected chi connectivity index (χ2v) is 6.32. The third kappa shape index (κ3) is 3.44. The number of nitriles is 1. The number of carbonyl (C=O) groups is 1. The Kier molecular flexibility index (Phi) is 4.67. The molecule has 1 aromatic rings. The predicted molar refractivity (Wildman–Crippen MR) is 84.0 cm³/mol. The van der Waals surface area contributed by atoms with Gasteiger partial charge in [0.1, 0.15) is 5.54 Å². The standard InChI is InChI=1S/C18H24N2O/c1-4-15-7-9-18(12-19,10-8-15)20-17(21)16-11-13(2)5-6-14(16)3/h5-6,11,15H,4,7-10H2,1-3H3,(H,20,21). The van der Waals surface area contributed by atoms with Gasteiger partial charge < -0.3 is 5.32 Å². The van der Waals surface area contributed by atoms with Gasteiger partial charge in [0.05, 0.1) is 6.07 Å². The van der Waals surface area contributed by atoms with Gasteiger partial charge in [0.15, 0.2) is 0 Å². The van der Waals surface area contributed by atoms with Gasteiger partial charge >= 0.3 is 0 Å². The normalized spacial score (nSPS) is 25.1. The topological polar surface area (TPSA) is 52.9 Å². The lowest BCUT2D eigenvalue weighted by Gasteiger charge is -2.35. The van der Waals surface area contributed by atoms with Crippen LogP contribution in [0.25, 0.3) is 0 Å². The lowest BCUT2D eigenvalue weighted by atomic mass is 9.76. The molecule has 1 N–H and O–H groups in total. The average molecular weight is 284 g/mol. The van der Waals surface area contributed by atoms with E-state index in [4.69, 9.17) is 0 Å². The van der Waals surface area contributed by atoms with Crippen LogP contribution in [0, 0.1) is 31.1 Å². The first-order chi connectivity index (χ1) is 9.99. The third-order valence-electron chi connectivity index (χ3n) is 4.74. The molecule has 0 radical (unpaired) electrons. The maximum Gasteiger partial charge on any atom is 0.252 e. The van der Waals surface area contributed by atoms with Gasteiger partial charge in [-0.15, -0.1) is 0 Å². The lowest BCUT2D eigenvalue weighted by molar-refractivity contribution is 0.0890. The quantitative estimate of drug-likeness (QED) is 0.915. The molecule has 0 unspecified atom stereocenters. The van der Waals surface area contributed by atoms with E-state index in [0.717, 1.165) is 43.2 Å². The smallest absolute Gasteiger partial charge is 0.252 e. The summed E-state index contributed by atoms with van der Waals surface area (Å²) in [6.45, 7) is 6.10. The number of hydrogen-bond acceptors (Lipinski definition) is 2. The molecule has 0 aliphatic heterocycles. The summed E-state index contributed by atoms with van der Waals surface area (Å²) in [5.74, 6) is 0.580. The van der Waals surface area contributed by atoms with Gasteiger partial charge in [-0.25, -0.2) is 0 Å². The van der Waals surface area contributed by atoms with Crippen molar-refractivity contribution in [3.05, 3.63) is 34.9 Å². The van der Waals surface area contributed by atoms with Crippen LogP contribution < -0.4 is 5.32 Å². The van der Waals surface area contributed by atoms with E-state index in [1.54, 1.807) is 0 Å². The Morgan fingerprint density at radius 2 is 2.05 bits per heavy atom. The average Bonchev–Trinajstić information content (AvgIpc) is 2.50. The summed E-state index contributed by atoms with van der Waals surface area (Å²) in [7, 11) is 0. The number of nitrogens with one attached hydrogen (secondary N) is 1. The van der Waals surface area contributed by atoms with Crippen LogP contribution in [0.2, 0.25) is 0 Å². The van der Waals surface area contributed by atoms with Gasteiger partial charge in [0.2, 0.25) is 0 Å². The summed E-state index contributed by atoms with van der Waals surface area (Å²) in [4.78, 5) is 12.5. The van der Waals surface area contributed by atoms with Crippen LogP contribution in [-0.4, -0.2) is 11.4 Å². The fourth-order valence-electron chi connectivity index (χ4n) is 3.11. The fraction of sp³-hybridized carbons (Fsp3) is 0.556. The highest BCUT2D eigenvalue weighted by molar-refractivity contribution is 5.96. The molecular formula is C18H24N2O. The zero-order valence-electron chi connectivity index (χ0n) is 13.2. The number of nitrogens with zero attached hydrogens (tertiary/aromatic N) is 1. The van der Waals surface area contributed by atoms with Crippen LogP contribution in [0.4, 0.5) is 0 Å². The maximum absolute atomic E-state index is 12.5. The van der Waals surface area contributed by atoms with E-state index in [-0.39, 0.29) is 5.91 Å². The van der Waals surface area contributed by atoms with Crippen molar-refractivity contribution in [3.8, 4) is 6.07 Å². The summed E-state index contributed by atoms with van der Waals surface area (Å²) in [6, 6.07) is 8.22. The van der Waals surface area contributed by atoms with Crippen molar-refractivity contribution in [3.63, 3.8) is 0 Å². The molecule has 1 aliphatic rings. The van der Waals surface area contributed by atoms with E-state index in [1.165, 1.54) is 0 Å². The highest BCUT2D eigenvalue weighted by atomic mass is 16.1. The minimum atomic E-state index is -0.682. The van der Waals surface area contributed by atoms with Crippen molar-refractivity contribution < 1.29 is 4.79 Å². The fourth-order valence-corrected chi connectivity index (χ4v) is 3.11. The first-order valence-corrected chi connectivity index (χ1v) is 7.80. The Morgan fingerprint density at radius 3 is 2.62 bits per heavy atom. The van der Waals surface area contributed by atoms with Gasteiger partial charge in [0.25, 0.3) is 5.91 Å². The molecule has 2 rings (SSSR count). The Bertz CT molecular complexity index is 563. The molecule has 1 saturated carbocycles. The highest BCUT2D eigenvalue weighted by Gasteiger charge is 2.36. The van der Waals surface area contributed by atoms with E-state index in [1.807, 2.05) is 32.0 Å². The van der Waals surface area contributed by atoms with Crippen LogP contribution in [0.3, 0.4) is 0 Å². The van der Waals surface area contributed by atoms with E-state index in [9.17, 15) is 10.1 Å². The number of carbonyl (C=O) groups excluding carboxylic acids is 1. The molecule has 0 bridgehead atoms. The van der Waals surface area contributed by atoms with Crippen molar-refractivity contribution in [1.29, 1.82) is 5.26 Å². The molecule has 21 heavy (non-hydrogen) atoms. The lowest BCUT2D eigenvalue weighted by Crippen LogP contribution is -2.49. The third-order valence-corrected chi connectivity index (χ3v) is 4.74. The molecular weight excluding hydrogens is 260 g/mol. The van der Waals surface area contributed by atoms with Gasteiger partial charge in [-0.3, -0.25) is 4.79 Å². The second kappa shape index (κ2) is 6.30. The molecule has 112 valence electrons. The second-order valence-electron chi connectivity index (χ2n) is 6.32. The zero-order valence-corrected chi connectivity index (χ0v) is 13.2. The van der Waals surface area contributed by atoms with Crippen LogP contribution in [0.5, 0.6) is 0 Å². The van der Waals surface area contributed by atoms with E-state index >= 15 is 0 Å². The summed E-state index contributed by atoms with van der Waals surface area (Å²) < 4.78 is 0. The molecule has 0 saturated heterocycles. The van der Waals surface area contributed by atoms with Crippen molar-refractivity contribution in [2.75, 3.05) is 0 Å². The first kappa shape index (κ1) is 15.6. The van der Waals surface area contributed by atoms with Gasteiger partial charge in [-0.05, 0) is 57.1 Å². The Labute approximate surface area is 127 Å². The maximum atomic E-state index is 12.5. The van der Waals surface area contributed by atoms with Crippen LogP contribution in [0.15, 0.2) is 18.2 Å². The van der Waals surface area contributed by atoms with Crippen LogP contribution in [-0.2, 0) is 0 Å². The molecule has 0 heterocycles. The monoisotopic (exact) mass is 284 g/mol. The number of benzene rings is 1. The van der Waals surface area contributed by atoms with E-state index in [0.29, 0.717) is 11.5 Å². The van der Waals surface area contributed by atoms with Gasteiger partial charge in [0, 0.05) is 5.56 Å². The Balaban J connectivity index is 2.14. The number of hydrogen-bond donors (Lipinski definition) is 1. The summed E-state index contributed by atoms with van der Waals surface area (Å²) in [5.41, 5.74) is 2.01. The number of rotatable bonds is 3. The van der Waals surface area contributed by atoms with E-state index < -0.39 is 5.54 Å². The van der Waals surface area contributed by atoms with Crippen LogP contribution >= 0.6 is 0 Å². The molecule has 0 atom stereocenters. The summed E-state index contributed by atoms with van der Waals surface area (Å²) in [6.07, 6.45) is 4.73.